The number of carbonyl (C=O) groups excluding carboxylic acids is 3. The van der Waals surface area contributed by atoms with E-state index in [1.54, 1.807) is 0 Å². The van der Waals surface area contributed by atoms with Crippen LogP contribution in [0.5, 0.6) is 0 Å². The summed E-state index contributed by atoms with van der Waals surface area (Å²) in [5.41, 5.74) is 0. The zero-order chi connectivity index (χ0) is 29.3. The quantitative estimate of drug-likeness (QED) is 0.0812. The van der Waals surface area contributed by atoms with E-state index in [0.29, 0.717) is 0 Å². The lowest BCUT2D eigenvalue weighted by atomic mass is 9.95. The molecule has 0 unspecified atom stereocenters. The summed E-state index contributed by atoms with van der Waals surface area (Å²) < 4.78 is 31.6. The highest BCUT2D eigenvalue weighted by atomic mass is 16.7. The molecule has 224 valence electrons. The third kappa shape index (κ3) is 8.52. The van der Waals surface area contributed by atoms with Gasteiger partial charge in [0.2, 0.25) is 5.91 Å². The lowest BCUT2D eigenvalue weighted by molar-refractivity contribution is -0.345. The van der Waals surface area contributed by atoms with Crippen LogP contribution >= 0.6 is 0 Å². The zero-order valence-corrected chi connectivity index (χ0v) is 21.3. The van der Waals surface area contributed by atoms with Crippen molar-refractivity contribution >= 4 is 18.0 Å². The van der Waals surface area contributed by atoms with Gasteiger partial charge in [0.1, 0.15) is 55.4 Å². The molecule has 39 heavy (non-hydrogen) atoms. The van der Waals surface area contributed by atoms with E-state index < -0.39 is 105 Å². The number of hydrogen-bond acceptors (Lipinski definition) is 15. The highest BCUT2D eigenvalue weighted by Crippen LogP contribution is 2.29. The summed E-state index contributed by atoms with van der Waals surface area (Å²) >= 11 is 0. The van der Waals surface area contributed by atoms with Gasteiger partial charge in [0, 0.05) is 6.92 Å². The Kier molecular flexibility index (Phi) is 12.9. The van der Waals surface area contributed by atoms with Crippen LogP contribution in [0, 0.1) is 0 Å². The van der Waals surface area contributed by atoms with E-state index >= 15 is 0 Å². The van der Waals surface area contributed by atoms with Gasteiger partial charge in [-0.15, -0.1) is 0 Å². The molecule has 0 aromatic heterocycles. The fourth-order valence-corrected chi connectivity index (χ4v) is 3.92. The number of nitrogens with one attached hydrogen (secondary N) is 2. The number of carbonyl (C=O) groups is 3. The maximum absolute atomic E-state index is 12.2. The molecule has 0 aromatic carbocycles. The van der Waals surface area contributed by atoms with Crippen molar-refractivity contribution in [1.29, 1.82) is 0 Å². The summed E-state index contributed by atoms with van der Waals surface area (Å²) in [5.74, 6) is -1.57. The van der Waals surface area contributed by atoms with Crippen molar-refractivity contribution in [2.24, 2.45) is 0 Å². The minimum absolute atomic E-state index is 0.149. The van der Waals surface area contributed by atoms with E-state index in [4.69, 9.17) is 23.7 Å². The number of aliphatic hydroxyl groups is 6. The molecular formula is C22H36N2O15. The predicted octanol–water partition coefficient (Wildman–Crippen LogP) is -4.78. The molecule has 2 aliphatic heterocycles. The summed E-state index contributed by atoms with van der Waals surface area (Å²) in [6, 6.07) is -2.79. The van der Waals surface area contributed by atoms with Crippen LogP contribution in [-0.4, -0.2) is 150 Å². The fourth-order valence-electron chi connectivity index (χ4n) is 3.92. The van der Waals surface area contributed by atoms with Crippen LogP contribution in [0.3, 0.4) is 0 Å². The van der Waals surface area contributed by atoms with Gasteiger partial charge >= 0.3 is 12.1 Å². The number of methoxy groups -OCH3 is 1. The Labute approximate surface area is 223 Å². The first-order valence-corrected chi connectivity index (χ1v) is 11.9. The van der Waals surface area contributed by atoms with Crippen molar-refractivity contribution in [3.63, 3.8) is 0 Å². The van der Waals surface area contributed by atoms with E-state index in [-0.39, 0.29) is 6.61 Å². The largest absolute Gasteiger partial charge is 0.467 e. The molecule has 11 atom stereocenters. The van der Waals surface area contributed by atoms with Crippen LogP contribution in [0.1, 0.15) is 6.92 Å². The third-order valence-electron chi connectivity index (χ3n) is 5.90. The van der Waals surface area contributed by atoms with E-state index in [9.17, 15) is 45.0 Å². The van der Waals surface area contributed by atoms with E-state index in [0.717, 1.165) is 14.0 Å². The fraction of sp³-hybridized carbons (Fsp3) is 0.773. The monoisotopic (exact) mass is 568 g/mol. The molecule has 0 saturated carbocycles. The molecule has 2 aliphatic rings. The van der Waals surface area contributed by atoms with Gasteiger partial charge in [-0.05, 0) is 0 Å². The summed E-state index contributed by atoms with van der Waals surface area (Å²) in [6.45, 7) is 2.25. The van der Waals surface area contributed by atoms with Gasteiger partial charge in [0.05, 0.1) is 26.9 Å². The Balaban J connectivity index is 2.28. The van der Waals surface area contributed by atoms with Gasteiger partial charge in [-0.3, -0.25) is 4.79 Å². The number of hydrogen-bond donors (Lipinski definition) is 8. The van der Waals surface area contributed by atoms with Gasteiger partial charge in [-0.2, -0.15) is 0 Å². The standard InChI is InChI=1S/C22H36N2O15/c1-4-5-35-22(33)24-10(19(32)34-3)8-36-20-13(23-9(2)27)18(15(29)12(7-26)37-20)39-21-17(31)16(30)14(28)11(6-25)38-21/h4,10-18,20-21,25-26,28-31H,1,5-8H2,2-3H3,(H,23,27)(H,24,33)/t10-,11+,12+,13+,14-,15-,16-,17+,18+,20-,21-/m0/s1. The molecule has 0 aromatic rings. The molecule has 17 nitrogen and oxygen atoms in total. The van der Waals surface area contributed by atoms with Gasteiger partial charge in [-0.1, -0.05) is 12.7 Å². The Morgan fingerprint density at radius 3 is 2.15 bits per heavy atom. The Bertz CT molecular complexity index is 829. The van der Waals surface area contributed by atoms with Crippen LogP contribution < -0.4 is 10.6 Å². The molecule has 2 rings (SSSR count). The Hall–Kier alpha value is -2.45. The number of alkyl carbamates (subject to hydrolysis) is 1. The minimum Gasteiger partial charge on any atom is -0.467 e. The summed E-state index contributed by atoms with van der Waals surface area (Å²) in [4.78, 5) is 36.1. The number of rotatable bonds is 12. The van der Waals surface area contributed by atoms with Crippen molar-refractivity contribution in [3.05, 3.63) is 12.7 Å². The summed E-state index contributed by atoms with van der Waals surface area (Å²) in [5, 5.41) is 65.2. The maximum atomic E-state index is 12.2. The van der Waals surface area contributed by atoms with E-state index in [2.05, 4.69) is 21.9 Å². The molecular weight excluding hydrogens is 532 g/mol. The minimum atomic E-state index is -1.85. The third-order valence-corrected chi connectivity index (χ3v) is 5.90. The first kappa shape index (κ1) is 32.8. The normalized spacial score (nSPS) is 35.4. The van der Waals surface area contributed by atoms with Gasteiger partial charge in [0.25, 0.3) is 0 Å². The van der Waals surface area contributed by atoms with Gasteiger partial charge < -0.3 is 69.7 Å². The van der Waals surface area contributed by atoms with Crippen LogP contribution in [0.25, 0.3) is 0 Å². The van der Waals surface area contributed by atoms with E-state index in [1.165, 1.54) is 6.08 Å². The van der Waals surface area contributed by atoms with Crippen LogP contribution in [-0.2, 0) is 38.0 Å². The van der Waals surface area contributed by atoms with Crippen LogP contribution in [0.15, 0.2) is 12.7 Å². The number of esters is 1. The van der Waals surface area contributed by atoms with Crippen LogP contribution in [0.2, 0.25) is 0 Å². The highest BCUT2D eigenvalue weighted by Gasteiger charge is 2.51. The Morgan fingerprint density at radius 1 is 0.974 bits per heavy atom. The second kappa shape index (κ2) is 15.4. The molecule has 2 fully saturated rings. The predicted molar refractivity (Wildman–Crippen MR) is 124 cm³/mol. The SMILES string of the molecule is C=CCOC(=O)N[C@@H](CO[C@H]1O[C@H](CO)[C@H](O)[C@H](O[C@@H]2O[C@H](CO)[C@H](O)[C@H](O)[C@H]2O)[C@H]1NC(C)=O)C(=O)OC. The number of amides is 2. The topological polar surface area (TPSA) is 252 Å². The summed E-state index contributed by atoms with van der Waals surface area (Å²) in [6.07, 6.45) is -14.2. The van der Waals surface area contributed by atoms with E-state index in [1.807, 2.05) is 0 Å². The van der Waals surface area contributed by atoms with Crippen molar-refractivity contribution in [2.45, 2.75) is 74.3 Å². The number of aliphatic hydroxyl groups excluding tert-OH is 6. The molecule has 17 heteroatoms. The average molecular weight is 569 g/mol. The Morgan fingerprint density at radius 2 is 1.59 bits per heavy atom. The first-order chi connectivity index (χ1) is 18.5. The molecule has 2 amide bonds. The van der Waals surface area contributed by atoms with Crippen molar-refractivity contribution in [3.8, 4) is 0 Å². The average Bonchev–Trinajstić information content (AvgIpc) is 2.91. The number of ether oxygens (including phenoxy) is 6. The molecule has 2 heterocycles. The smallest absolute Gasteiger partial charge is 0.408 e. The highest BCUT2D eigenvalue weighted by molar-refractivity contribution is 5.81. The van der Waals surface area contributed by atoms with Crippen molar-refractivity contribution < 1.29 is 73.4 Å². The second-order valence-electron chi connectivity index (χ2n) is 8.68. The summed E-state index contributed by atoms with van der Waals surface area (Å²) in [7, 11) is 1.06. The molecule has 0 bridgehead atoms. The second-order valence-corrected chi connectivity index (χ2v) is 8.68. The zero-order valence-electron chi connectivity index (χ0n) is 21.3. The van der Waals surface area contributed by atoms with Crippen molar-refractivity contribution in [2.75, 3.05) is 33.5 Å². The molecule has 0 aliphatic carbocycles. The van der Waals surface area contributed by atoms with Crippen molar-refractivity contribution in [1.82, 2.24) is 10.6 Å². The maximum Gasteiger partial charge on any atom is 0.408 e. The molecule has 8 N–H and O–H groups in total. The first-order valence-electron chi connectivity index (χ1n) is 11.9. The lowest BCUT2D eigenvalue weighted by Crippen LogP contribution is -2.68. The molecule has 2 saturated heterocycles. The van der Waals surface area contributed by atoms with Crippen LogP contribution in [0.4, 0.5) is 4.79 Å². The molecule has 0 radical (unpaired) electrons. The van der Waals surface area contributed by atoms with Gasteiger partial charge in [-0.25, -0.2) is 9.59 Å². The molecule has 0 spiro atoms. The lowest BCUT2D eigenvalue weighted by Gasteiger charge is -2.47. The van der Waals surface area contributed by atoms with Gasteiger partial charge in [0.15, 0.2) is 18.6 Å².